The number of carbonyl (C=O) groups excluding carboxylic acids is 2. The zero-order chi connectivity index (χ0) is 27.1. The van der Waals surface area contributed by atoms with Gasteiger partial charge in [-0.25, -0.2) is 14.8 Å². The number of hydrogen-bond donors (Lipinski definition) is 1. The Bertz CT molecular complexity index is 1160. The van der Waals surface area contributed by atoms with Gasteiger partial charge in [0.25, 0.3) is 5.91 Å². The van der Waals surface area contributed by atoms with Gasteiger partial charge in [-0.05, 0) is 45.1 Å². The van der Waals surface area contributed by atoms with Crippen LogP contribution in [-0.2, 0) is 10.9 Å². The van der Waals surface area contributed by atoms with E-state index >= 15 is 0 Å². The summed E-state index contributed by atoms with van der Waals surface area (Å²) in [5.74, 6) is -2.11. The Labute approximate surface area is 212 Å². The molecule has 2 bridgehead atoms. The van der Waals surface area contributed by atoms with E-state index in [4.69, 9.17) is 4.74 Å². The lowest BCUT2D eigenvalue weighted by molar-refractivity contribution is -0.142. The molecule has 7 nitrogen and oxygen atoms in total. The summed E-state index contributed by atoms with van der Waals surface area (Å²) in [4.78, 5) is 35.1. The molecule has 0 radical (unpaired) electrons. The average Bonchev–Trinajstić information content (AvgIpc) is 3.55. The van der Waals surface area contributed by atoms with Crippen molar-refractivity contribution in [1.82, 2.24) is 14.9 Å². The Balaban J connectivity index is 1.81. The van der Waals surface area contributed by atoms with E-state index in [0.717, 1.165) is 31.9 Å². The van der Waals surface area contributed by atoms with Crippen molar-refractivity contribution in [1.29, 1.82) is 0 Å². The van der Waals surface area contributed by atoms with Crippen LogP contribution in [0.4, 0.5) is 32.2 Å². The molecule has 2 aliphatic rings. The van der Waals surface area contributed by atoms with Crippen molar-refractivity contribution in [2.45, 2.75) is 76.4 Å². The first-order chi connectivity index (χ1) is 17.3. The standard InChI is InChI=1S/C23H24F6N4O3S/c1-3-15(23(27,28)29)31-16-9-14(22(24,25)26)13(10-30-16)18-17(32-19(37-18)21(35)36-4-2)20(34)33-11-5-6-12(33)8-7-11/h9-12,15H,3-8H2,1-2H3,(H,30,31)/t11-,12+,15?. The Morgan fingerprint density at radius 1 is 1.14 bits per heavy atom. The predicted octanol–water partition coefficient (Wildman–Crippen LogP) is 5.92. The van der Waals surface area contributed by atoms with Gasteiger partial charge in [0.1, 0.15) is 17.6 Å². The number of pyridine rings is 1. The highest BCUT2D eigenvalue weighted by Gasteiger charge is 2.45. The first-order valence-corrected chi connectivity index (χ1v) is 12.6. The molecule has 14 heteroatoms. The molecule has 4 heterocycles. The van der Waals surface area contributed by atoms with Gasteiger partial charge in [-0.3, -0.25) is 4.79 Å². The van der Waals surface area contributed by atoms with E-state index in [1.165, 1.54) is 6.92 Å². The van der Waals surface area contributed by atoms with Crippen LogP contribution < -0.4 is 5.32 Å². The van der Waals surface area contributed by atoms with E-state index < -0.39 is 53.6 Å². The maximum absolute atomic E-state index is 14.1. The topological polar surface area (TPSA) is 84.4 Å². The quantitative estimate of drug-likeness (QED) is 0.340. The number of alkyl halides is 6. The largest absolute Gasteiger partial charge is 0.461 e. The maximum Gasteiger partial charge on any atom is 0.417 e. The third-order valence-corrected chi connectivity index (χ3v) is 7.62. The summed E-state index contributed by atoms with van der Waals surface area (Å²) in [6.07, 6.45) is -6.29. The molecule has 37 heavy (non-hydrogen) atoms. The number of rotatable bonds is 7. The van der Waals surface area contributed by atoms with Gasteiger partial charge in [-0.15, -0.1) is 11.3 Å². The molecular weight excluding hydrogens is 526 g/mol. The molecule has 0 aromatic carbocycles. The lowest BCUT2D eigenvalue weighted by Crippen LogP contribution is -2.36. The van der Waals surface area contributed by atoms with Crippen LogP contribution in [0.1, 0.15) is 71.8 Å². The van der Waals surface area contributed by atoms with Crippen molar-refractivity contribution in [3.63, 3.8) is 0 Å². The van der Waals surface area contributed by atoms with Crippen LogP contribution in [0.2, 0.25) is 0 Å². The summed E-state index contributed by atoms with van der Waals surface area (Å²) in [5.41, 5.74) is -2.19. The fourth-order valence-corrected chi connectivity index (χ4v) is 5.81. The minimum absolute atomic E-state index is 0.0131. The third-order valence-electron chi connectivity index (χ3n) is 6.55. The van der Waals surface area contributed by atoms with Crippen molar-refractivity contribution in [3.05, 3.63) is 28.5 Å². The first-order valence-electron chi connectivity index (χ1n) is 11.8. The number of thiazole rings is 1. The van der Waals surface area contributed by atoms with Gasteiger partial charge in [0, 0.05) is 23.8 Å². The van der Waals surface area contributed by atoms with E-state index in [9.17, 15) is 35.9 Å². The van der Waals surface area contributed by atoms with Crippen LogP contribution in [0.3, 0.4) is 0 Å². The number of amides is 1. The summed E-state index contributed by atoms with van der Waals surface area (Å²) >= 11 is 0.556. The number of aromatic nitrogens is 2. The summed E-state index contributed by atoms with van der Waals surface area (Å²) in [7, 11) is 0. The molecule has 2 aromatic rings. The molecule has 0 spiro atoms. The molecule has 1 atom stereocenters. The van der Waals surface area contributed by atoms with Crippen LogP contribution in [0.25, 0.3) is 10.4 Å². The van der Waals surface area contributed by atoms with Crippen LogP contribution in [0.5, 0.6) is 0 Å². The van der Waals surface area contributed by atoms with Gasteiger partial charge in [0.2, 0.25) is 5.01 Å². The Morgan fingerprint density at radius 3 is 2.27 bits per heavy atom. The molecule has 1 N–H and O–H groups in total. The number of ether oxygens (including phenoxy) is 1. The van der Waals surface area contributed by atoms with Gasteiger partial charge in [-0.1, -0.05) is 6.92 Å². The first kappa shape index (κ1) is 27.1. The fourth-order valence-electron chi connectivity index (χ4n) is 4.84. The van der Waals surface area contributed by atoms with Crippen LogP contribution in [0.15, 0.2) is 12.3 Å². The van der Waals surface area contributed by atoms with E-state index in [0.29, 0.717) is 17.4 Å². The lowest BCUT2D eigenvalue weighted by atomic mass is 10.0. The van der Waals surface area contributed by atoms with Crippen molar-refractivity contribution >= 4 is 29.0 Å². The van der Waals surface area contributed by atoms with E-state index in [2.05, 4.69) is 9.97 Å². The van der Waals surface area contributed by atoms with E-state index in [-0.39, 0.29) is 34.3 Å². The SMILES string of the molecule is CCOC(=O)c1nc(C(=O)N2[C@H]3CC[C@@H]2CC3)c(-c2cnc(NC(CC)C(F)(F)F)cc2C(F)(F)F)s1. The normalized spacial score (nSPS) is 20.3. The van der Waals surface area contributed by atoms with E-state index in [1.807, 2.05) is 5.32 Å². The third kappa shape index (κ3) is 5.39. The average molecular weight is 551 g/mol. The van der Waals surface area contributed by atoms with Gasteiger partial charge in [0.05, 0.1) is 17.0 Å². The maximum atomic E-state index is 14.1. The number of nitrogens with one attached hydrogen (secondary N) is 1. The zero-order valence-corrected chi connectivity index (χ0v) is 20.7. The number of anilines is 1. The van der Waals surface area contributed by atoms with Crippen molar-refractivity contribution in [3.8, 4) is 10.4 Å². The summed E-state index contributed by atoms with van der Waals surface area (Å²) < 4.78 is 86.9. The molecule has 4 rings (SSSR count). The molecule has 202 valence electrons. The smallest absolute Gasteiger partial charge is 0.417 e. The van der Waals surface area contributed by atoms with Crippen LogP contribution in [0, 0.1) is 0 Å². The second-order valence-corrected chi connectivity index (χ2v) is 9.85. The Hall–Kier alpha value is -2.90. The van der Waals surface area contributed by atoms with Gasteiger partial charge < -0.3 is 15.0 Å². The zero-order valence-electron chi connectivity index (χ0n) is 19.9. The second kappa shape index (κ2) is 10.1. The van der Waals surface area contributed by atoms with Gasteiger partial charge in [-0.2, -0.15) is 26.3 Å². The second-order valence-electron chi connectivity index (χ2n) is 8.85. The number of fused-ring (bicyclic) bond motifs is 2. The summed E-state index contributed by atoms with van der Waals surface area (Å²) in [6, 6.07) is -1.74. The number of halogens is 6. The Kier molecular flexibility index (Phi) is 7.41. The lowest BCUT2D eigenvalue weighted by Gasteiger charge is -2.23. The van der Waals surface area contributed by atoms with Crippen LogP contribution >= 0.6 is 11.3 Å². The molecule has 2 aromatic heterocycles. The van der Waals surface area contributed by atoms with Crippen molar-refractivity contribution in [2.24, 2.45) is 0 Å². The molecule has 2 fully saturated rings. The fraction of sp³-hybridized carbons (Fsp3) is 0.565. The van der Waals surface area contributed by atoms with E-state index in [1.54, 1.807) is 11.8 Å². The molecule has 1 amide bonds. The molecule has 2 aliphatic heterocycles. The Morgan fingerprint density at radius 2 is 1.76 bits per heavy atom. The van der Waals surface area contributed by atoms with Crippen molar-refractivity contribution in [2.75, 3.05) is 11.9 Å². The minimum Gasteiger partial charge on any atom is -0.461 e. The highest BCUT2D eigenvalue weighted by molar-refractivity contribution is 7.17. The van der Waals surface area contributed by atoms with Gasteiger partial charge in [0.15, 0.2) is 0 Å². The number of esters is 1. The van der Waals surface area contributed by atoms with Gasteiger partial charge >= 0.3 is 18.3 Å². The number of carbonyl (C=O) groups is 2. The number of nitrogens with zero attached hydrogens (tertiary/aromatic N) is 3. The van der Waals surface area contributed by atoms with Crippen LogP contribution in [-0.4, -0.2) is 57.7 Å². The predicted molar refractivity (Wildman–Crippen MR) is 122 cm³/mol. The highest BCUT2D eigenvalue weighted by atomic mass is 32.1. The minimum atomic E-state index is -5.00. The van der Waals surface area contributed by atoms with Crippen molar-refractivity contribution < 1.29 is 40.7 Å². The molecule has 2 saturated heterocycles. The highest BCUT2D eigenvalue weighted by Crippen LogP contribution is 2.44. The summed E-state index contributed by atoms with van der Waals surface area (Å²) in [5, 5.41) is 1.70. The number of hydrogen-bond acceptors (Lipinski definition) is 7. The summed E-state index contributed by atoms with van der Waals surface area (Å²) in [6.45, 7) is 2.77. The molecule has 1 unspecified atom stereocenters. The monoisotopic (exact) mass is 550 g/mol. The molecule has 0 aliphatic carbocycles. The molecule has 0 saturated carbocycles. The molecular formula is C23H24F6N4O3S.